The van der Waals surface area contributed by atoms with E-state index >= 15 is 0 Å². The van der Waals surface area contributed by atoms with Gasteiger partial charge >= 0.3 is 0 Å². The van der Waals surface area contributed by atoms with Gasteiger partial charge in [0, 0.05) is 0 Å². The van der Waals surface area contributed by atoms with Gasteiger partial charge in [-0.05, 0) is 25.7 Å². The average Bonchev–Trinajstić information content (AvgIpc) is 2.47. The van der Waals surface area contributed by atoms with Crippen LogP contribution in [0.15, 0.2) is 16.0 Å². The molecule has 2 rings (SSSR count). The summed E-state index contributed by atoms with van der Waals surface area (Å²) in [4.78, 5) is 4.53. The molecule has 68 valence electrons. The van der Waals surface area contributed by atoms with E-state index in [0.717, 1.165) is 16.1 Å². The molecule has 0 amide bonds. The smallest absolute Gasteiger partial charge is 0.150 e. The highest BCUT2D eigenvalue weighted by molar-refractivity contribution is 8.00. The number of thiazole rings is 1. The molecule has 0 unspecified atom stereocenters. The molecule has 1 heterocycles. The van der Waals surface area contributed by atoms with Gasteiger partial charge in [-0.15, -0.1) is 11.3 Å². The number of allylic oxidation sites excluding steroid dienone is 2. The van der Waals surface area contributed by atoms with Crippen LogP contribution in [0.1, 0.15) is 13.3 Å². The van der Waals surface area contributed by atoms with E-state index in [0.29, 0.717) is 0 Å². The van der Waals surface area contributed by atoms with Crippen molar-refractivity contribution in [2.45, 2.75) is 17.7 Å². The zero-order valence-electron chi connectivity index (χ0n) is 7.70. The van der Waals surface area contributed by atoms with Gasteiger partial charge in [-0.2, -0.15) is 0 Å². The second-order valence-corrected chi connectivity index (χ2v) is 5.11. The van der Waals surface area contributed by atoms with E-state index in [2.05, 4.69) is 36.4 Å². The fourth-order valence-corrected chi connectivity index (χ4v) is 2.71. The van der Waals surface area contributed by atoms with E-state index in [1.165, 1.54) is 10.1 Å². The first-order chi connectivity index (χ1) is 6.29. The third kappa shape index (κ3) is 1.86. The van der Waals surface area contributed by atoms with Gasteiger partial charge < -0.3 is 0 Å². The molecule has 0 saturated heterocycles. The summed E-state index contributed by atoms with van der Waals surface area (Å²) < 4.78 is 2.45. The van der Waals surface area contributed by atoms with Gasteiger partial charge in [0.25, 0.3) is 0 Å². The first-order valence-electron chi connectivity index (χ1n) is 4.18. The van der Waals surface area contributed by atoms with Gasteiger partial charge in [0.15, 0.2) is 4.34 Å². The van der Waals surface area contributed by atoms with Crippen molar-refractivity contribution < 1.29 is 0 Å². The monoisotopic (exact) mass is 209 g/mol. The second kappa shape index (κ2) is 3.68. The SMILES string of the molecule is CSc1nc2c(s1)=CC=C(C)CC=2. The van der Waals surface area contributed by atoms with Gasteiger partial charge in [0.2, 0.25) is 0 Å². The Morgan fingerprint density at radius 1 is 1.46 bits per heavy atom. The van der Waals surface area contributed by atoms with Crippen LogP contribution in [-0.2, 0) is 0 Å². The molecule has 0 saturated carbocycles. The predicted molar refractivity (Wildman–Crippen MR) is 60.4 cm³/mol. The van der Waals surface area contributed by atoms with E-state index < -0.39 is 0 Å². The summed E-state index contributed by atoms with van der Waals surface area (Å²) in [6.45, 7) is 2.15. The van der Waals surface area contributed by atoms with Crippen LogP contribution in [0.5, 0.6) is 0 Å². The highest BCUT2D eigenvalue weighted by Crippen LogP contribution is 2.12. The first-order valence-corrected chi connectivity index (χ1v) is 6.22. The number of aromatic nitrogens is 1. The van der Waals surface area contributed by atoms with Crippen LogP contribution in [0.3, 0.4) is 0 Å². The molecule has 0 aromatic carbocycles. The Hall–Kier alpha value is -0.540. The molecule has 3 heteroatoms. The lowest BCUT2D eigenvalue weighted by Gasteiger charge is -1.88. The summed E-state index contributed by atoms with van der Waals surface area (Å²) in [7, 11) is 0. The molecule has 0 fully saturated rings. The van der Waals surface area contributed by atoms with Crippen LogP contribution < -0.4 is 9.88 Å². The largest absolute Gasteiger partial charge is 0.230 e. The predicted octanol–water partition coefficient (Wildman–Crippen LogP) is 1.78. The number of rotatable bonds is 1. The second-order valence-electron chi connectivity index (χ2n) is 3.02. The maximum atomic E-state index is 4.53. The number of hydrogen-bond acceptors (Lipinski definition) is 3. The van der Waals surface area contributed by atoms with E-state index in [9.17, 15) is 0 Å². The number of thioether (sulfide) groups is 1. The first kappa shape index (κ1) is 9.03. The number of fused-ring (bicyclic) bond motifs is 1. The van der Waals surface area contributed by atoms with E-state index in [4.69, 9.17) is 0 Å². The Morgan fingerprint density at radius 3 is 3.08 bits per heavy atom. The van der Waals surface area contributed by atoms with Gasteiger partial charge in [-0.1, -0.05) is 29.5 Å². The molecular weight excluding hydrogens is 198 g/mol. The van der Waals surface area contributed by atoms with Crippen molar-refractivity contribution in [2.75, 3.05) is 6.26 Å². The third-order valence-corrected chi connectivity index (χ3v) is 3.99. The molecule has 0 N–H and O–H groups in total. The van der Waals surface area contributed by atoms with Crippen molar-refractivity contribution >= 4 is 35.3 Å². The highest BCUT2D eigenvalue weighted by Gasteiger charge is 1.99. The van der Waals surface area contributed by atoms with Crippen molar-refractivity contribution in [1.29, 1.82) is 0 Å². The Kier molecular flexibility index (Phi) is 2.56. The van der Waals surface area contributed by atoms with Crippen LogP contribution in [-0.4, -0.2) is 11.2 Å². The highest BCUT2D eigenvalue weighted by atomic mass is 32.2. The molecule has 1 aromatic heterocycles. The van der Waals surface area contributed by atoms with Gasteiger partial charge in [0.1, 0.15) is 0 Å². The van der Waals surface area contributed by atoms with Gasteiger partial charge in [-0.25, -0.2) is 4.98 Å². The maximum absolute atomic E-state index is 4.53. The minimum absolute atomic E-state index is 1.03. The van der Waals surface area contributed by atoms with Crippen LogP contribution in [0, 0.1) is 0 Å². The van der Waals surface area contributed by atoms with Crippen molar-refractivity contribution in [2.24, 2.45) is 0 Å². The summed E-state index contributed by atoms with van der Waals surface area (Å²) in [6, 6.07) is 0. The van der Waals surface area contributed by atoms with Crippen molar-refractivity contribution in [3.8, 4) is 0 Å². The summed E-state index contributed by atoms with van der Waals surface area (Å²) in [5.74, 6) is 0. The van der Waals surface area contributed by atoms with Crippen molar-refractivity contribution in [3.05, 3.63) is 21.5 Å². The summed E-state index contributed by atoms with van der Waals surface area (Å²) >= 11 is 3.49. The van der Waals surface area contributed by atoms with Crippen LogP contribution in [0.25, 0.3) is 12.2 Å². The van der Waals surface area contributed by atoms with E-state index in [1.54, 1.807) is 23.1 Å². The Morgan fingerprint density at radius 2 is 2.31 bits per heavy atom. The van der Waals surface area contributed by atoms with Gasteiger partial charge in [-0.3, -0.25) is 0 Å². The van der Waals surface area contributed by atoms with Crippen molar-refractivity contribution in [3.63, 3.8) is 0 Å². The standard InChI is InChI=1S/C10H11NS2/c1-7-3-5-8-9(6-4-7)13-10(11-8)12-2/h4-6H,3H2,1-2H3. The zero-order valence-corrected chi connectivity index (χ0v) is 9.34. The Labute approximate surface area is 85.9 Å². The lowest BCUT2D eigenvalue weighted by atomic mass is 10.2. The average molecular weight is 209 g/mol. The van der Waals surface area contributed by atoms with E-state index in [1.807, 2.05) is 0 Å². The molecule has 0 spiro atoms. The number of nitrogens with zero attached hydrogens (tertiary/aromatic N) is 1. The summed E-state index contributed by atoms with van der Waals surface area (Å²) in [6.07, 6.45) is 9.66. The number of hydrogen-bond donors (Lipinski definition) is 0. The molecule has 0 aliphatic heterocycles. The quantitative estimate of drug-likeness (QED) is 0.654. The normalized spacial score (nSPS) is 15.1. The van der Waals surface area contributed by atoms with Crippen LogP contribution >= 0.6 is 23.1 Å². The lowest BCUT2D eigenvalue weighted by Crippen LogP contribution is -2.19. The molecule has 1 aliphatic rings. The van der Waals surface area contributed by atoms with Crippen molar-refractivity contribution in [1.82, 2.24) is 4.98 Å². The summed E-state index contributed by atoms with van der Waals surface area (Å²) in [5.41, 5.74) is 1.40. The fraction of sp³-hybridized carbons (Fsp3) is 0.300. The minimum Gasteiger partial charge on any atom is -0.230 e. The molecular formula is C10H11NS2. The Bertz CT molecular complexity index is 454. The molecule has 0 bridgehead atoms. The molecule has 1 aliphatic carbocycles. The molecule has 13 heavy (non-hydrogen) atoms. The molecule has 1 aromatic rings. The maximum Gasteiger partial charge on any atom is 0.150 e. The molecule has 0 radical (unpaired) electrons. The van der Waals surface area contributed by atoms with Crippen LogP contribution in [0.4, 0.5) is 0 Å². The lowest BCUT2D eigenvalue weighted by molar-refractivity contribution is 1.17. The molecule has 0 atom stereocenters. The molecule has 1 nitrogen and oxygen atoms in total. The minimum atomic E-state index is 1.03. The van der Waals surface area contributed by atoms with Gasteiger partial charge in [0.05, 0.1) is 9.88 Å². The van der Waals surface area contributed by atoms with Crippen LogP contribution in [0.2, 0.25) is 0 Å². The topological polar surface area (TPSA) is 12.9 Å². The fourth-order valence-electron chi connectivity index (χ4n) is 1.22. The zero-order chi connectivity index (χ0) is 9.26. The van der Waals surface area contributed by atoms with E-state index in [-0.39, 0.29) is 0 Å². The summed E-state index contributed by atoms with van der Waals surface area (Å²) in [5, 5.41) is 1.16. The third-order valence-electron chi connectivity index (χ3n) is 1.97. The Balaban J connectivity index is 2.61.